The number of carboxylic acid groups (broad SMARTS) is 1. The molecule has 119 heavy (non-hydrogen) atoms. The summed E-state index contributed by atoms with van der Waals surface area (Å²) in [5.41, 5.74) is 41.1. The van der Waals surface area contributed by atoms with Gasteiger partial charge in [0.2, 0.25) is 76.8 Å². The van der Waals surface area contributed by atoms with E-state index in [4.69, 9.17) is 40.1 Å². The van der Waals surface area contributed by atoms with Crippen LogP contribution in [0.1, 0.15) is 278 Å². The first-order valence-electron chi connectivity index (χ1n) is 44.1. The van der Waals surface area contributed by atoms with Gasteiger partial charge in [0.1, 0.15) is 78.5 Å². The fourth-order valence-corrected chi connectivity index (χ4v) is 13.6. The Balaban J connectivity index is 7.35. The first-order valence-corrected chi connectivity index (χ1v) is 44.1. The number of nitrogens with two attached hydrogens (primary N) is 7. The van der Waals surface area contributed by atoms with Gasteiger partial charge < -0.3 is 114 Å². The van der Waals surface area contributed by atoms with Gasteiger partial charge in [0.05, 0.1) is 6.04 Å². The maximum atomic E-state index is 14.9. The molecule has 28 N–H and O–H groups in total. The molecule has 0 aliphatic heterocycles. The van der Waals surface area contributed by atoms with E-state index >= 15 is 0 Å². The number of hydrogen-bond acceptors (Lipinski definition) is 21. The summed E-state index contributed by atoms with van der Waals surface area (Å²) in [7, 11) is 0. The van der Waals surface area contributed by atoms with Crippen LogP contribution in [0.3, 0.4) is 0 Å². The average Bonchev–Trinajstić information content (AvgIpc) is 0.854. The van der Waals surface area contributed by atoms with Crippen LogP contribution in [0.25, 0.3) is 0 Å². The zero-order chi connectivity index (χ0) is 90.6. The number of hydrogen-bond donors (Lipinski definition) is 21. The third-order valence-corrected chi connectivity index (χ3v) is 19.9. The lowest BCUT2D eigenvalue weighted by Crippen LogP contribution is -2.61. The van der Waals surface area contributed by atoms with Gasteiger partial charge in [0.25, 0.3) is 0 Å². The van der Waals surface area contributed by atoms with Crippen LogP contribution in [-0.2, 0) is 67.1 Å². The number of nitrogens with one attached hydrogen (secondary N) is 13. The van der Waals surface area contributed by atoms with Crippen LogP contribution in [-0.4, -0.2) is 212 Å². The highest BCUT2D eigenvalue weighted by atomic mass is 16.4. The Morgan fingerprint density at radius 2 is 0.319 bits per heavy atom. The lowest BCUT2D eigenvalue weighted by Gasteiger charge is -2.30. The minimum Gasteiger partial charge on any atom is -0.480 e. The van der Waals surface area contributed by atoms with Gasteiger partial charge in [0.15, 0.2) is 0 Å². The molecule has 0 heterocycles. The number of rotatable bonds is 67. The molecule has 0 bridgehead atoms. The second-order valence-electron chi connectivity index (χ2n) is 35.5. The van der Waals surface area contributed by atoms with Crippen molar-refractivity contribution in [1.82, 2.24) is 69.1 Å². The van der Waals surface area contributed by atoms with Gasteiger partial charge in [-0.2, -0.15) is 0 Å². The van der Waals surface area contributed by atoms with Crippen molar-refractivity contribution in [1.29, 1.82) is 0 Å². The fraction of sp³-hybridized carbons (Fsp3) is 0.833. The monoisotopic (exact) mass is 1690 g/mol. The molecule has 35 nitrogen and oxygen atoms in total. The number of carbonyl (C=O) groups is 14. The topological polar surface area (TPSA) is 598 Å². The van der Waals surface area contributed by atoms with Gasteiger partial charge >= 0.3 is 5.97 Å². The van der Waals surface area contributed by atoms with E-state index in [0.717, 1.165) is 0 Å². The van der Waals surface area contributed by atoms with E-state index in [1.807, 2.05) is 111 Å². The third kappa shape index (κ3) is 49.1. The van der Waals surface area contributed by atoms with Crippen LogP contribution in [0.15, 0.2) is 0 Å². The van der Waals surface area contributed by atoms with Gasteiger partial charge in [-0.1, -0.05) is 117 Å². The summed E-state index contributed by atoms with van der Waals surface area (Å²) in [6.45, 7) is 31.3. The largest absolute Gasteiger partial charge is 0.480 e. The number of unbranched alkanes of at least 4 members (excludes halogenated alkanes) is 6. The Morgan fingerprint density at radius 3 is 0.471 bits per heavy atom. The van der Waals surface area contributed by atoms with E-state index in [1.54, 1.807) is 0 Å². The predicted molar refractivity (Wildman–Crippen MR) is 464 cm³/mol. The molecule has 0 radical (unpaired) electrons. The molecule has 0 aromatic heterocycles. The lowest BCUT2D eigenvalue weighted by molar-refractivity contribution is -0.142. The standard InChI is InChI=1S/C84H162N20O15/c1-49(2)41-63(97-71(105)57(91)29-17-23-35-85)80(114)101-64(42-50(3)4)77(111)94-60(32-20-26-38-88)74(108)99-69(47-55(13)14)82(116)102-65(43-51(5)6)76(110)93-58(30-18-24-36-86)72(106)92-59(31-19-25-37-87)73(107)98-68(46-54(11)12)81(115)103-66(44-52(7)8)78(112)95-61(33-21-27-39-89)75(109)100-70(48-56(15)16)83(117)104-67(45-53(9)10)79(113)96-62(84(118)119)34-22-28-40-90/h49-70H,17-48,85-91H2,1-16H3,(H,92,106)(H,93,110)(H,94,111)(H,95,112)(H,96,113)(H,97,105)(H,98,107)(H,99,108)(H,100,109)(H,101,114)(H,102,116)(H,103,115)(H,104,117)(H,118,119)/t57-,58-,59-,60-,61-,62-,63-,64-,65-,66-,67-,68-,69-,70-/m0/s1. The Bertz CT molecular complexity index is 3030. The molecule has 0 aliphatic rings. The molecule has 688 valence electrons. The SMILES string of the molecule is CC(C)C[C@H](NC(=O)[C@H](CC(C)C)NC(=O)[C@H](CCCCN)NC(=O)[C@H](CC(C)C)NC(=O)[C@H](CC(C)C)NC(=O)[C@H](CCCCN)NC(=O)[C@H](CCCCN)NC(=O)[C@H](CC(C)C)NC(=O)[C@H](CC(C)C)NC(=O)[C@H](CCCCN)NC(=O)[C@H](CC(C)C)NC(=O)[C@H](CC(C)C)NC(=O)[C@@H](N)CCCCN)C(=O)N[C@@H](CCCCN)C(=O)O. The molecule has 0 saturated carbocycles. The van der Waals surface area contributed by atoms with E-state index in [-0.39, 0.29) is 157 Å². The minimum atomic E-state index is -1.31. The first-order chi connectivity index (χ1) is 56.0. The maximum absolute atomic E-state index is 14.9. The van der Waals surface area contributed by atoms with Gasteiger partial charge in [0, 0.05) is 0 Å². The van der Waals surface area contributed by atoms with Crippen molar-refractivity contribution in [3.63, 3.8) is 0 Å². The molecule has 35 heteroatoms. The molecule has 13 amide bonds. The maximum Gasteiger partial charge on any atom is 0.326 e. The second kappa shape index (κ2) is 62.4. The molecule has 0 saturated heterocycles. The first kappa shape index (κ1) is 111. The highest BCUT2D eigenvalue weighted by molar-refractivity contribution is 6.00. The Morgan fingerprint density at radius 1 is 0.193 bits per heavy atom. The van der Waals surface area contributed by atoms with Crippen LogP contribution in [0, 0.1) is 47.3 Å². The molecule has 0 fully saturated rings. The van der Waals surface area contributed by atoms with Crippen molar-refractivity contribution < 1.29 is 72.2 Å². The van der Waals surface area contributed by atoms with Crippen molar-refractivity contribution in [2.24, 2.45) is 87.5 Å². The van der Waals surface area contributed by atoms with Crippen LogP contribution in [0.2, 0.25) is 0 Å². The van der Waals surface area contributed by atoms with Crippen LogP contribution in [0.4, 0.5) is 0 Å². The smallest absolute Gasteiger partial charge is 0.326 e. The Kier molecular flexibility index (Phi) is 58.4. The van der Waals surface area contributed by atoms with Crippen molar-refractivity contribution in [2.45, 2.75) is 362 Å². The average molecular weight is 1690 g/mol. The summed E-state index contributed by atoms with van der Waals surface area (Å²) in [5, 5.41) is 46.3. The fourth-order valence-electron chi connectivity index (χ4n) is 13.6. The molecule has 0 spiro atoms. The molecule has 0 aromatic carbocycles. The van der Waals surface area contributed by atoms with Gasteiger partial charge in [-0.25, -0.2) is 4.79 Å². The normalized spacial score (nSPS) is 15.2. The Labute approximate surface area is 710 Å². The number of carboxylic acids is 1. The highest BCUT2D eigenvalue weighted by Crippen LogP contribution is 2.19. The van der Waals surface area contributed by atoms with Crippen molar-refractivity contribution in [3.05, 3.63) is 0 Å². The lowest BCUT2D eigenvalue weighted by atomic mass is 9.98. The second-order valence-corrected chi connectivity index (χ2v) is 35.5. The third-order valence-electron chi connectivity index (χ3n) is 19.9. The molecule has 0 rings (SSSR count). The van der Waals surface area contributed by atoms with Crippen molar-refractivity contribution in [3.8, 4) is 0 Å². The summed E-state index contributed by atoms with van der Waals surface area (Å²) >= 11 is 0. The van der Waals surface area contributed by atoms with E-state index < -0.39 is 167 Å². The van der Waals surface area contributed by atoms with Crippen LogP contribution >= 0.6 is 0 Å². The van der Waals surface area contributed by atoms with Gasteiger partial charge in [-0.15, -0.1) is 0 Å². The van der Waals surface area contributed by atoms with Crippen LogP contribution < -0.4 is 109 Å². The van der Waals surface area contributed by atoms with Crippen molar-refractivity contribution in [2.75, 3.05) is 39.3 Å². The molecule has 0 unspecified atom stereocenters. The number of amides is 13. The van der Waals surface area contributed by atoms with E-state index in [0.29, 0.717) is 96.6 Å². The Hall–Kier alpha value is -7.70. The van der Waals surface area contributed by atoms with Crippen LogP contribution in [0.5, 0.6) is 0 Å². The summed E-state index contributed by atoms with van der Waals surface area (Å²) in [4.78, 5) is 200. The highest BCUT2D eigenvalue weighted by Gasteiger charge is 2.39. The quantitative estimate of drug-likeness (QED) is 0.0386. The zero-order valence-corrected chi connectivity index (χ0v) is 75.0. The van der Waals surface area contributed by atoms with Crippen molar-refractivity contribution >= 4 is 82.8 Å². The summed E-state index contributed by atoms with van der Waals surface area (Å²) in [5.74, 6) is -11.8. The molecular weight excluding hydrogens is 1530 g/mol. The van der Waals surface area contributed by atoms with Gasteiger partial charge in [-0.05, 0) is 247 Å². The van der Waals surface area contributed by atoms with E-state index in [2.05, 4.69) is 69.1 Å². The van der Waals surface area contributed by atoms with E-state index in [1.165, 1.54) is 0 Å². The molecular formula is C84H162N20O15. The van der Waals surface area contributed by atoms with E-state index in [9.17, 15) is 72.2 Å². The summed E-state index contributed by atoms with van der Waals surface area (Å²) in [6.07, 6.45) is 7.13. The predicted octanol–water partition coefficient (Wildman–Crippen LogP) is 1.84. The molecule has 0 aliphatic carbocycles. The summed E-state index contributed by atoms with van der Waals surface area (Å²) in [6, 6.07) is -17.0. The minimum absolute atomic E-state index is 0.0328. The van der Waals surface area contributed by atoms with Gasteiger partial charge in [-0.3, -0.25) is 62.3 Å². The number of carbonyl (C=O) groups excluding carboxylic acids is 13. The summed E-state index contributed by atoms with van der Waals surface area (Å²) < 4.78 is 0. The zero-order valence-electron chi connectivity index (χ0n) is 75.0. The molecule has 14 atom stereocenters. The molecule has 0 aromatic rings. The number of aliphatic carboxylic acids is 1.